The number of pyridine rings is 1. The van der Waals surface area contributed by atoms with Crippen LogP contribution >= 0.6 is 22.9 Å². The molecule has 28 heavy (non-hydrogen) atoms. The summed E-state index contributed by atoms with van der Waals surface area (Å²) in [7, 11) is 1.53. The zero-order valence-electron chi connectivity index (χ0n) is 15.6. The minimum absolute atomic E-state index is 0.142. The van der Waals surface area contributed by atoms with Crippen molar-refractivity contribution in [3.8, 4) is 5.88 Å². The van der Waals surface area contributed by atoms with Gasteiger partial charge in [-0.1, -0.05) is 0 Å². The number of aryl methyl sites for hydroxylation is 1. The predicted octanol–water partition coefficient (Wildman–Crippen LogP) is 2.90. The van der Waals surface area contributed by atoms with Gasteiger partial charge in [0.15, 0.2) is 0 Å². The number of carbonyl (C=O) groups is 2. The summed E-state index contributed by atoms with van der Waals surface area (Å²) < 4.78 is 9.34. The van der Waals surface area contributed by atoms with E-state index in [1.807, 2.05) is 6.92 Å². The van der Waals surface area contributed by atoms with E-state index in [9.17, 15) is 9.59 Å². The molecule has 10 heteroatoms. The second kappa shape index (κ2) is 8.89. The SMILES string of the molecule is CCNC(=O)c1cnc(Cc2snc(C)c2C(=O)Nc2ccc(OC)nc2)s1. The molecule has 0 radical (unpaired) electrons. The fourth-order valence-electron chi connectivity index (χ4n) is 2.48. The first kappa shape index (κ1) is 19.9. The summed E-state index contributed by atoms with van der Waals surface area (Å²) in [6, 6.07) is 3.39. The third-order valence-electron chi connectivity index (χ3n) is 3.79. The molecule has 0 bridgehead atoms. The highest BCUT2D eigenvalue weighted by atomic mass is 32.1. The van der Waals surface area contributed by atoms with Gasteiger partial charge in [0.25, 0.3) is 11.8 Å². The van der Waals surface area contributed by atoms with E-state index < -0.39 is 0 Å². The summed E-state index contributed by atoms with van der Waals surface area (Å²) in [6.07, 6.45) is 3.53. The van der Waals surface area contributed by atoms with Crippen LogP contribution in [0.2, 0.25) is 0 Å². The molecule has 2 N–H and O–H groups in total. The Hall–Kier alpha value is -2.85. The normalized spacial score (nSPS) is 10.5. The highest BCUT2D eigenvalue weighted by Crippen LogP contribution is 2.25. The molecule has 146 valence electrons. The van der Waals surface area contributed by atoms with E-state index >= 15 is 0 Å². The second-order valence-electron chi connectivity index (χ2n) is 5.76. The zero-order valence-corrected chi connectivity index (χ0v) is 17.2. The Bertz CT molecular complexity index is 982. The van der Waals surface area contributed by atoms with Crippen molar-refractivity contribution >= 4 is 40.4 Å². The van der Waals surface area contributed by atoms with Gasteiger partial charge >= 0.3 is 0 Å². The molecular formula is C18H19N5O3S2. The lowest BCUT2D eigenvalue weighted by Crippen LogP contribution is -2.21. The molecule has 0 aromatic carbocycles. The average molecular weight is 418 g/mol. The van der Waals surface area contributed by atoms with Crippen LogP contribution in [0.25, 0.3) is 0 Å². The van der Waals surface area contributed by atoms with Gasteiger partial charge in [-0.05, 0) is 31.4 Å². The third kappa shape index (κ3) is 4.52. The molecule has 3 aromatic rings. The second-order valence-corrected chi connectivity index (χ2v) is 7.74. The average Bonchev–Trinajstić information content (AvgIpc) is 3.30. The van der Waals surface area contributed by atoms with Crippen LogP contribution in [-0.2, 0) is 6.42 Å². The lowest BCUT2D eigenvalue weighted by molar-refractivity contribution is 0.0958. The molecule has 0 fully saturated rings. The zero-order chi connectivity index (χ0) is 20.1. The van der Waals surface area contributed by atoms with Gasteiger partial charge in [0.05, 0.1) is 41.5 Å². The molecule has 3 aromatic heterocycles. The van der Waals surface area contributed by atoms with Crippen LogP contribution in [0.4, 0.5) is 5.69 Å². The fourth-order valence-corrected chi connectivity index (χ4v) is 4.29. The van der Waals surface area contributed by atoms with E-state index in [1.165, 1.54) is 36.2 Å². The highest BCUT2D eigenvalue weighted by molar-refractivity contribution is 7.13. The summed E-state index contributed by atoms with van der Waals surface area (Å²) in [5.74, 6) is 0.0733. The molecule has 0 saturated heterocycles. The molecule has 0 unspecified atom stereocenters. The number of hydrogen-bond acceptors (Lipinski definition) is 8. The minimum Gasteiger partial charge on any atom is -0.481 e. The van der Waals surface area contributed by atoms with E-state index in [0.29, 0.717) is 40.7 Å². The Morgan fingerprint density at radius 1 is 1.18 bits per heavy atom. The maximum absolute atomic E-state index is 12.8. The van der Waals surface area contributed by atoms with Gasteiger partial charge in [0.1, 0.15) is 4.88 Å². The molecule has 3 heterocycles. The number of ether oxygens (including phenoxy) is 1. The van der Waals surface area contributed by atoms with Gasteiger partial charge in [-0.25, -0.2) is 9.97 Å². The summed E-state index contributed by atoms with van der Waals surface area (Å²) in [6.45, 7) is 4.22. The van der Waals surface area contributed by atoms with Crippen LogP contribution < -0.4 is 15.4 Å². The van der Waals surface area contributed by atoms with Crippen molar-refractivity contribution in [3.05, 3.63) is 50.5 Å². The van der Waals surface area contributed by atoms with Crippen LogP contribution in [0.15, 0.2) is 24.5 Å². The van der Waals surface area contributed by atoms with Crippen molar-refractivity contribution in [3.63, 3.8) is 0 Å². The summed E-state index contributed by atoms with van der Waals surface area (Å²) in [5, 5.41) is 6.34. The number of rotatable bonds is 7. The number of aromatic nitrogens is 3. The van der Waals surface area contributed by atoms with Crippen molar-refractivity contribution in [2.24, 2.45) is 0 Å². The predicted molar refractivity (Wildman–Crippen MR) is 109 cm³/mol. The molecule has 0 atom stereocenters. The molecule has 0 aliphatic carbocycles. The fraction of sp³-hybridized carbons (Fsp3) is 0.278. The summed E-state index contributed by atoms with van der Waals surface area (Å²) in [5.41, 5.74) is 1.74. The number of nitrogens with one attached hydrogen (secondary N) is 2. The summed E-state index contributed by atoms with van der Waals surface area (Å²) >= 11 is 2.58. The number of carbonyl (C=O) groups excluding carboxylic acids is 2. The first-order valence-corrected chi connectivity index (χ1v) is 10.1. The molecule has 0 aliphatic rings. The van der Waals surface area contributed by atoms with Gasteiger partial charge in [-0.3, -0.25) is 9.59 Å². The smallest absolute Gasteiger partial charge is 0.262 e. The van der Waals surface area contributed by atoms with Crippen LogP contribution in [0.1, 0.15) is 42.5 Å². The monoisotopic (exact) mass is 417 g/mol. The van der Waals surface area contributed by atoms with E-state index in [4.69, 9.17) is 4.74 Å². The quantitative estimate of drug-likeness (QED) is 0.612. The minimum atomic E-state index is -0.256. The number of amides is 2. The van der Waals surface area contributed by atoms with Crippen LogP contribution in [0, 0.1) is 6.92 Å². The Labute approximate surface area is 170 Å². The number of hydrogen-bond donors (Lipinski definition) is 2. The summed E-state index contributed by atoms with van der Waals surface area (Å²) in [4.78, 5) is 34.4. The Balaban J connectivity index is 1.75. The first-order chi connectivity index (χ1) is 13.5. The largest absolute Gasteiger partial charge is 0.481 e. The molecule has 2 amide bonds. The number of thiazole rings is 1. The van der Waals surface area contributed by atoms with E-state index in [-0.39, 0.29) is 11.8 Å². The highest BCUT2D eigenvalue weighted by Gasteiger charge is 2.20. The maximum Gasteiger partial charge on any atom is 0.262 e. The van der Waals surface area contributed by atoms with Crippen molar-refractivity contribution in [2.45, 2.75) is 20.3 Å². The van der Waals surface area contributed by atoms with Crippen LogP contribution in [0.3, 0.4) is 0 Å². The van der Waals surface area contributed by atoms with Crippen LogP contribution in [-0.4, -0.2) is 39.8 Å². The standard InChI is InChI=1S/C18H19N5O3S2/c1-4-19-17(24)13-9-21-15(27-13)7-12-16(10(2)23-28-12)18(25)22-11-5-6-14(26-3)20-8-11/h5-6,8-9H,4,7H2,1-3H3,(H,19,24)(H,22,25). The molecule has 0 aliphatic heterocycles. The topological polar surface area (TPSA) is 106 Å². The van der Waals surface area contributed by atoms with Crippen molar-refractivity contribution in [1.29, 1.82) is 0 Å². The third-order valence-corrected chi connectivity index (χ3v) is 5.72. The maximum atomic E-state index is 12.8. The van der Waals surface area contributed by atoms with Gasteiger partial charge in [0.2, 0.25) is 5.88 Å². The van der Waals surface area contributed by atoms with E-state index in [0.717, 1.165) is 9.88 Å². The molecule has 0 spiro atoms. The molecule has 0 saturated carbocycles. The van der Waals surface area contributed by atoms with E-state index in [1.54, 1.807) is 25.3 Å². The van der Waals surface area contributed by atoms with Gasteiger partial charge in [-0.2, -0.15) is 4.37 Å². The van der Waals surface area contributed by atoms with E-state index in [2.05, 4.69) is 25.0 Å². The lowest BCUT2D eigenvalue weighted by atomic mass is 10.1. The van der Waals surface area contributed by atoms with Gasteiger partial charge in [0, 0.05) is 23.9 Å². The van der Waals surface area contributed by atoms with Gasteiger partial charge in [-0.15, -0.1) is 11.3 Å². The van der Waals surface area contributed by atoms with Gasteiger partial charge < -0.3 is 15.4 Å². The van der Waals surface area contributed by atoms with Crippen molar-refractivity contribution in [1.82, 2.24) is 19.7 Å². The van der Waals surface area contributed by atoms with Crippen molar-refractivity contribution in [2.75, 3.05) is 19.0 Å². The molecule has 8 nitrogen and oxygen atoms in total. The van der Waals surface area contributed by atoms with Crippen LogP contribution in [0.5, 0.6) is 5.88 Å². The number of methoxy groups -OCH3 is 1. The lowest BCUT2D eigenvalue weighted by Gasteiger charge is -2.06. The van der Waals surface area contributed by atoms with Crippen molar-refractivity contribution < 1.29 is 14.3 Å². The molecule has 3 rings (SSSR count). The molecular weight excluding hydrogens is 398 g/mol. The Kier molecular flexibility index (Phi) is 6.32. The Morgan fingerprint density at radius 2 is 2.00 bits per heavy atom. The Morgan fingerprint density at radius 3 is 2.68 bits per heavy atom. The number of nitrogens with zero attached hydrogens (tertiary/aromatic N) is 3. The first-order valence-electron chi connectivity index (χ1n) is 8.51. The number of anilines is 1.